The van der Waals surface area contributed by atoms with Gasteiger partial charge in [0, 0.05) is 19.4 Å². The summed E-state index contributed by atoms with van der Waals surface area (Å²) < 4.78 is 11.3. The molecule has 15 heavy (non-hydrogen) atoms. The van der Waals surface area contributed by atoms with E-state index in [2.05, 4.69) is 0 Å². The zero-order chi connectivity index (χ0) is 10.8. The Hall–Kier alpha value is -0.710. The SMILES string of the molecule is CC(=O)N(c1ccccc1)S(C)(C)O.Cl. The molecule has 5 heteroatoms. The Kier molecular flexibility index (Phi) is 5.14. The van der Waals surface area contributed by atoms with Crippen molar-refractivity contribution in [2.45, 2.75) is 6.92 Å². The molecule has 0 radical (unpaired) electrons. The molecule has 1 N–H and O–H groups in total. The van der Waals surface area contributed by atoms with Crippen LogP contribution in [0.3, 0.4) is 0 Å². The minimum Gasteiger partial charge on any atom is -0.333 e. The van der Waals surface area contributed by atoms with Crippen LogP contribution >= 0.6 is 22.9 Å². The second-order valence-electron chi connectivity index (χ2n) is 3.37. The summed E-state index contributed by atoms with van der Waals surface area (Å²) in [4.78, 5) is 11.4. The van der Waals surface area contributed by atoms with Crippen molar-refractivity contribution in [1.29, 1.82) is 0 Å². The van der Waals surface area contributed by atoms with E-state index in [4.69, 9.17) is 0 Å². The number of nitrogens with zero attached hydrogens (tertiary/aromatic N) is 1. The van der Waals surface area contributed by atoms with Crippen molar-refractivity contribution >= 4 is 34.5 Å². The van der Waals surface area contributed by atoms with Crippen LogP contribution in [0.25, 0.3) is 0 Å². The van der Waals surface area contributed by atoms with E-state index in [1.165, 1.54) is 11.2 Å². The predicted molar refractivity (Wildman–Crippen MR) is 68.9 cm³/mol. The lowest BCUT2D eigenvalue weighted by Crippen LogP contribution is -2.30. The van der Waals surface area contributed by atoms with Gasteiger partial charge in [-0.15, -0.1) is 12.4 Å². The van der Waals surface area contributed by atoms with Crippen molar-refractivity contribution in [2.24, 2.45) is 0 Å². The van der Waals surface area contributed by atoms with Gasteiger partial charge < -0.3 is 4.55 Å². The van der Waals surface area contributed by atoms with Crippen LogP contribution in [-0.2, 0) is 4.79 Å². The molecule has 0 aromatic heterocycles. The summed E-state index contributed by atoms with van der Waals surface area (Å²) in [5, 5.41) is 0. The lowest BCUT2D eigenvalue weighted by Gasteiger charge is -2.37. The van der Waals surface area contributed by atoms with Gasteiger partial charge in [-0.1, -0.05) is 28.7 Å². The molecule has 0 aliphatic carbocycles. The Labute approximate surface area is 98.2 Å². The minimum absolute atomic E-state index is 0. The molecule has 0 heterocycles. The highest BCUT2D eigenvalue weighted by atomic mass is 35.5. The zero-order valence-corrected chi connectivity index (χ0v) is 10.6. The third-order valence-electron chi connectivity index (χ3n) is 1.72. The molecular formula is C10H16ClNO2S. The van der Waals surface area contributed by atoms with Crippen molar-refractivity contribution in [3.8, 4) is 0 Å². The topological polar surface area (TPSA) is 40.5 Å². The molecule has 0 saturated carbocycles. The Morgan fingerprint density at radius 1 is 1.27 bits per heavy atom. The van der Waals surface area contributed by atoms with Crippen molar-refractivity contribution in [1.82, 2.24) is 0 Å². The van der Waals surface area contributed by atoms with Gasteiger partial charge in [0.25, 0.3) is 0 Å². The summed E-state index contributed by atoms with van der Waals surface area (Å²) in [5.41, 5.74) is 0.738. The molecule has 0 saturated heterocycles. The lowest BCUT2D eigenvalue weighted by molar-refractivity contribution is -0.115. The van der Waals surface area contributed by atoms with Crippen molar-refractivity contribution < 1.29 is 9.35 Å². The van der Waals surface area contributed by atoms with Crippen LogP contribution < -0.4 is 4.31 Å². The number of benzene rings is 1. The van der Waals surface area contributed by atoms with E-state index in [1.54, 1.807) is 12.5 Å². The van der Waals surface area contributed by atoms with Crippen LogP contribution in [0.1, 0.15) is 6.92 Å². The van der Waals surface area contributed by atoms with E-state index in [0.717, 1.165) is 5.69 Å². The number of carbonyl (C=O) groups excluding carboxylic acids is 1. The van der Waals surface area contributed by atoms with E-state index in [-0.39, 0.29) is 18.3 Å². The van der Waals surface area contributed by atoms with E-state index in [0.29, 0.717) is 0 Å². The number of hydrogen-bond acceptors (Lipinski definition) is 2. The second-order valence-corrected chi connectivity index (χ2v) is 6.17. The predicted octanol–water partition coefficient (Wildman–Crippen LogP) is 2.91. The van der Waals surface area contributed by atoms with Gasteiger partial charge in [0.1, 0.15) is 0 Å². The Morgan fingerprint density at radius 2 is 1.73 bits per heavy atom. The largest absolute Gasteiger partial charge is 0.333 e. The zero-order valence-electron chi connectivity index (χ0n) is 9.01. The van der Waals surface area contributed by atoms with E-state index >= 15 is 0 Å². The number of hydrogen-bond donors (Lipinski definition) is 1. The maximum atomic E-state index is 11.4. The Morgan fingerprint density at radius 3 is 2.07 bits per heavy atom. The van der Waals surface area contributed by atoms with Crippen LogP contribution in [0.5, 0.6) is 0 Å². The smallest absolute Gasteiger partial charge is 0.234 e. The Balaban J connectivity index is 0.00000196. The molecular weight excluding hydrogens is 234 g/mol. The molecule has 0 fully saturated rings. The van der Waals surface area contributed by atoms with Gasteiger partial charge in [-0.3, -0.25) is 9.10 Å². The van der Waals surface area contributed by atoms with Gasteiger partial charge in [0.05, 0.1) is 5.69 Å². The second kappa shape index (κ2) is 5.39. The van der Waals surface area contributed by atoms with E-state index in [1.807, 2.05) is 30.3 Å². The molecule has 0 atom stereocenters. The third kappa shape index (κ3) is 3.74. The van der Waals surface area contributed by atoms with Crippen molar-refractivity contribution in [2.75, 3.05) is 16.8 Å². The summed E-state index contributed by atoms with van der Waals surface area (Å²) in [5.74, 6) is -0.140. The van der Waals surface area contributed by atoms with Gasteiger partial charge in [-0.2, -0.15) is 0 Å². The molecule has 1 rings (SSSR count). The average Bonchev–Trinajstić information content (AvgIpc) is 2.02. The molecule has 86 valence electrons. The quantitative estimate of drug-likeness (QED) is 0.876. The molecule has 0 spiro atoms. The third-order valence-corrected chi connectivity index (χ3v) is 3.09. The van der Waals surface area contributed by atoms with E-state index in [9.17, 15) is 9.35 Å². The molecule has 1 aromatic rings. The Bertz CT molecular complexity index is 324. The fourth-order valence-corrected chi connectivity index (χ4v) is 2.58. The molecule has 0 bridgehead atoms. The first-order valence-corrected chi connectivity index (χ1v) is 6.61. The highest BCUT2D eigenvalue weighted by molar-refractivity contribution is 8.29. The lowest BCUT2D eigenvalue weighted by atomic mass is 10.3. The first kappa shape index (κ1) is 14.3. The molecule has 0 unspecified atom stereocenters. The van der Waals surface area contributed by atoms with Crippen LogP contribution in [0, 0.1) is 0 Å². The van der Waals surface area contributed by atoms with Gasteiger partial charge >= 0.3 is 0 Å². The average molecular weight is 250 g/mol. The van der Waals surface area contributed by atoms with Crippen molar-refractivity contribution in [3.63, 3.8) is 0 Å². The van der Waals surface area contributed by atoms with Gasteiger partial charge in [0.2, 0.25) is 5.91 Å². The number of carbonyl (C=O) groups is 1. The summed E-state index contributed by atoms with van der Waals surface area (Å²) in [7, 11) is -2.03. The fourth-order valence-electron chi connectivity index (χ4n) is 1.32. The molecule has 0 aliphatic heterocycles. The van der Waals surface area contributed by atoms with Crippen LogP contribution in [0.2, 0.25) is 0 Å². The highest BCUT2D eigenvalue weighted by Crippen LogP contribution is 2.42. The number of halogens is 1. The highest BCUT2D eigenvalue weighted by Gasteiger charge is 2.22. The van der Waals surface area contributed by atoms with Gasteiger partial charge in [-0.25, -0.2) is 0 Å². The monoisotopic (exact) mass is 249 g/mol. The van der Waals surface area contributed by atoms with Crippen LogP contribution in [-0.4, -0.2) is 23.0 Å². The van der Waals surface area contributed by atoms with Gasteiger partial charge in [0.15, 0.2) is 0 Å². The van der Waals surface area contributed by atoms with Crippen LogP contribution in [0.15, 0.2) is 30.3 Å². The van der Waals surface area contributed by atoms with Crippen LogP contribution in [0.4, 0.5) is 5.69 Å². The first-order valence-electron chi connectivity index (χ1n) is 4.24. The number of amides is 1. The number of rotatable bonds is 2. The molecule has 0 aliphatic rings. The summed E-state index contributed by atoms with van der Waals surface area (Å²) in [6.45, 7) is 1.46. The molecule has 3 nitrogen and oxygen atoms in total. The summed E-state index contributed by atoms with van der Waals surface area (Å²) in [6.07, 6.45) is 3.34. The van der Waals surface area contributed by atoms with Gasteiger partial charge in [-0.05, 0) is 12.1 Å². The minimum atomic E-state index is -2.03. The maximum absolute atomic E-state index is 11.4. The maximum Gasteiger partial charge on any atom is 0.234 e. The van der Waals surface area contributed by atoms with Crippen molar-refractivity contribution in [3.05, 3.63) is 30.3 Å². The fraction of sp³-hybridized carbons (Fsp3) is 0.300. The molecule has 1 amide bonds. The first-order chi connectivity index (χ1) is 6.43. The summed E-state index contributed by atoms with van der Waals surface area (Å²) in [6, 6.07) is 9.19. The molecule has 1 aromatic carbocycles. The number of anilines is 1. The standard InChI is InChI=1S/C10H15NO2S.ClH/c1-9(12)11(14(2,3)13)10-7-5-4-6-8-10;/h4-8,13H,1-3H3;1H. The number of para-hydroxylation sites is 1. The normalized spacial score (nSPS) is 11.5. The summed E-state index contributed by atoms with van der Waals surface area (Å²) >= 11 is 0. The van der Waals surface area contributed by atoms with E-state index < -0.39 is 10.5 Å².